The number of rotatable bonds is 4. The van der Waals surface area contributed by atoms with Gasteiger partial charge in [-0.25, -0.2) is 4.98 Å². The Hall–Kier alpha value is -2.75. The number of tetrazole rings is 1. The van der Waals surface area contributed by atoms with Gasteiger partial charge < -0.3 is 9.88 Å². The van der Waals surface area contributed by atoms with Crippen molar-refractivity contribution in [3.8, 4) is 22.9 Å². The second kappa shape index (κ2) is 8.51. The van der Waals surface area contributed by atoms with Gasteiger partial charge in [0.05, 0.1) is 12.2 Å². The molecule has 3 aromatic heterocycles. The van der Waals surface area contributed by atoms with Gasteiger partial charge in [0.15, 0.2) is 5.82 Å². The largest absolute Gasteiger partial charge is 0.325 e. The molecule has 1 aromatic carbocycles. The van der Waals surface area contributed by atoms with E-state index in [1.807, 2.05) is 24.5 Å². The summed E-state index contributed by atoms with van der Waals surface area (Å²) in [5, 5.41) is 22.3. The minimum absolute atomic E-state index is 0. The highest BCUT2D eigenvalue weighted by molar-refractivity contribution is 5.85. The zero-order chi connectivity index (χ0) is 17.3. The predicted octanol–water partition coefficient (Wildman–Crippen LogP) is 1.92. The first-order chi connectivity index (χ1) is 12.9. The fraction of sp³-hybridized carbons (Fsp3) is 0.235. The van der Waals surface area contributed by atoms with Gasteiger partial charge in [-0.2, -0.15) is 10.3 Å². The molecule has 1 aliphatic heterocycles. The molecule has 5 rings (SSSR count). The van der Waals surface area contributed by atoms with Crippen LogP contribution in [0.4, 0.5) is 0 Å². The van der Waals surface area contributed by atoms with E-state index in [1.165, 1.54) is 5.69 Å². The summed E-state index contributed by atoms with van der Waals surface area (Å²) in [4.78, 5) is 4.53. The smallest absolute Gasteiger partial charge is 0.204 e. The molecule has 0 amide bonds. The van der Waals surface area contributed by atoms with Crippen LogP contribution in [0.15, 0.2) is 42.7 Å². The van der Waals surface area contributed by atoms with Crippen LogP contribution in [0.5, 0.6) is 0 Å². The molecule has 0 saturated carbocycles. The van der Waals surface area contributed by atoms with Gasteiger partial charge >= 0.3 is 0 Å². The third kappa shape index (κ3) is 3.77. The van der Waals surface area contributed by atoms with Crippen LogP contribution in [-0.4, -0.2) is 46.5 Å². The summed E-state index contributed by atoms with van der Waals surface area (Å²) in [6.45, 7) is 3.39. The second-order valence-electron chi connectivity index (χ2n) is 6.24. The maximum atomic E-state index is 4.71. The van der Waals surface area contributed by atoms with Crippen molar-refractivity contribution < 1.29 is 0 Å². The van der Waals surface area contributed by atoms with Crippen LogP contribution in [0.1, 0.15) is 11.3 Å². The minimum atomic E-state index is 0. The first kappa shape index (κ1) is 20.0. The highest BCUT2D eigenvalue weighted by atomic mass is 35.5. The van der Waals surface area contributed by atoms with E-state index in [4.69, 9.17) is 5.10 Å². The maximum absolute atomic E-state index is 4.71. The van der Waals surface area contributed by atoms with Crippen LogP contribution in [-0.2, 0) is 19.6 Å². The predicted molar refractivity (Wildman–Crippen MR) is 108 cm³/mol. The number of benzene rings is 1. The molecule has 1 aliphatic rings. The Morgan fingerprint density at radius 2 is 2.07 bits per heavy atom. The lowest BCUT2D eigenvalue weighted by molar-refractivity contribution is 0.476. The average molecular weight is 420 g/mol. The molecule has 146 valence electrons. The zero-order valence-electron chi connectivity index (χ0n) is 14.8. The summed E-state index contributed by atoms with van der Waals surface area (Å²) < 4.78 is 4.17. The number of imidazole rings is 1. The molecule has 0 spiro atoms. The van der Waals surface area contributed by atoms with Gasteiger partial charge in [0.1, 0.15) is 5.69 Å². The first-order valence-corrected chi connectivity index (χ1v) is 8.48. The number of aromatic amines is 1. The topological polar surface area (TPSA) is 102 Å². The molecule has 9 nitrogen and oxygen atoms in total. The van der Waals surface area contributed by atoms with E-state index in [1.54, 1.807) is 0 Å². The summed E-state index contributed by atoms with van der Waals surface area (Å²) in [5.74, 6) is 1.46. The van der Waals surface area contributed by atoms with E-state index in [0.29, 0.717) is 12.4 Å². The quantitative estimate of drug-likeness (QED) is 0.523. The Kier molecular flexibility index (Phi) is 6.08. The van der Waals surface area contributed by atoms with Crippen molar-refractivity contribution in [2.24, 2.45) is 0 Å². The van der Waals surface area contributed by atoms with Gasteiger partial charge in [-0.1, -0.05) is 18.2 Å². The molecule has 0 radical (unpaired) electrons. The molecule has 4 aromatic rings. The summed E-state index contributed by atoms with van der Waals surface area (Å²) in [5.41, 5.74) is 4.17. The van der Waals surface area contributed by atoms with Crippen molar-refractivity contribution >= 4 is 24.8 Å². The first-order valence-electron chi connectivity index (χ1n) is 8.48. The van der Waals surface area contributed by atoms with Crippen LogP contribution >= 0.6 is 24.8 Å². The summed E-state index contributed by atoms with van der Waals surface area (Å²) in [6, 6.07) is 10.2. The van der Waals surface area contributed by atoms with Crippen molar-refractivity contribution in [2.75, 3.05) is 6.54 Å². The van der Waals surface area contributed by atoms with Crippen LogP contribution in [0.2, 0.25) is 0 Å². The van der Waals surface area contributed by atoms with Crippen molar-refractivity contribution in [2.45, 2.75) is 19.6 Å². The number of aromatic nitrogens is 8. The molecule has 11 heteroatoms. The Morgan fingerprint density at radius 3 is 2.89 bits per heavy atom. The number of hydrogen-bond donors (Lipinski definition) is 2. The fourth-order valence-corrected chi connectivity index (χ4v) is 3.26. The van der Waals surface area contributed by atoms with E-state index in [-0.39, 0.29) is 24.8 Å². The van der Waals surface area contributed by atoms with Gasteiger partial charge in [0, 0.05) is 37.6 Å². The molecular weight excluding hydrogens is 401 g/mol. The molecule has 0 aliphatic carbocycles. The van der Waals surface area contributed by atoms with Crippen LogP contribution in [0.25, 0.3) is 22.9 Å². The summed E-state index contributed by atoms with van der Waals surface area (Å²) >= 11 is 0. The second-order valence-corrected chi connectivity index (χ2v) is 6.24. The Balaban J connectivity index is 0.00000112. The SMILES string of the molecule is Cl.Cl.c1cc(Cn2ccnc2-c2cc3n(n2)CCNC3)cc(-c2nn[nH]n2)c1. The van der Waals surface area contributed by atoms with Crippen molar-refractivity contribution in [1.82, 2.24) is 45.3 Å². The van der Waals surface area contributed by atoms with Gasteiger partial charge in [-0.15, -0.1) is 35.0 Å². The van der Waals surface area contributed by atoms with Gasteiger partial charge in [-0.3, -0.25) is 4.68 Å². The lowest BCUT2D eigenvalue weighted by Crippen LogP contribution is -2.28. The lowest BCUT2D eigenvalue weighted by Gasteiger charge is -2.13. The Morgan fingerprint density at radius 1 is 1.14 bits per heavy atom. The lowest BCUT2D eigenvalue weighted by atomic mass is 10.1. The molecule has 0 unspecified atom stereocenters. The number of nitrogens with zero attached hydrogens (tertiary/aromatic N) is 7. The summed E-state index contributed by atoms with van der Waals surface area (Å²) in [7, 11) is 0. The third-order valence-corrected chi connectivity index (χ3v) is 4.50. The highest BCUT2D eigenvalue weighted by Crippen LogP contribution is 2.21. The average Bonchev–Trinajstić information content (AvgIpc) is 3.41. The monoisotopic (exact) mass is 419 g/mol. The Bertz CT molecular complexity index is 1020. The molecule has 0 fully saturated rings. The van der Waals surface area contributed by atoms with E-state index < -0.39 is 0 Å². The molecule has 2 N–H and O–H groups in total. The fourth-order valence-electron chi connectivity index (χ4n) is 3.26. The standard InChI is InChI=1S/C17H17N9.2ClH/c1-2-12(8-13(3-1)16-20-23-24-21-16)11-25-6-5-19-17(25)15-9-14-10-18-4-7-26(14)22-15;;/h1-3,5-6,8-9,18H,4,7,10-11H2,(H,20,21,23,24);2*1H. The molecule has 0 saturated heterocycles. The van der Waals surface area contributed by atoms with Gasteiger partial charge in [-0.05, 0) is 22.9 Å². The van der Waals surface area contributed by atoms with E-state index in [0.717, 1.165) is 42.3 Å². The van der Waals surface area contributed by atoms with Crippen LogP contribution in [0.3, 0.4) is 0 Å². The minimum Gasteiger partial charge on any atom is -0.325 e. The number of H-pyrrole nitrogens is 1. The van der Waals surface area contributed by atoms with Crippen molar-refractivity contribution in [1.29, 1.82) is 0 Å². The zero-order valence-corrected chi connectivity index (χ0v) is 16.4. The van der Waals surface area contributed by atoms with Crippen LogP contribution in [0, 0.1) is 0 Å². The van der Waals surface area contributed by atoms with Crippen molar-refractivity contribution in [3.05, 3.63) is 54.0 Å². The number of nitrogens with one attached hydrogen (secondary N) is 2. The maximum Gasteiger partial charge on any atom is 0.204 e. The number of hydrogen-bond acceptors (Lipinski definition) is 6. The number of halogens is 2. The highest BCUT2D eigenvalue weighted by Gasteiger charge is 2.16. The van der Waals surface area contributed by atoms with E-state index >= 15 is 0 Å². The van der Waals surface area contributed by atoms with Gasteiger partial charge in [0.2, 0.25) is 5.82 Å². The summed E-state index contributed by atoms with van der Waals surface area (Å²) in [6.07, 6.45) is 3.79. The van der Waals surface area contributed by atoms with E-state index in [2.05, 4.69) is 58.4 Å². The number of fused-ring (bicyclic) bond motifs is 1. The van der Waals surface area contributed by atoms with Crippen LogP contribution < -0.4 is 5.32 Å². The molecule has 28 heavy (non-hydrogen) atoms. The molecular formula is C17H19Cl2N9. The normalized spacial score (nSPS) is 12.7. The van der Waals surface area contributed by atoms with Crippen molar-refractivity contribution in [3.63, 3.8) is 0 Å². The van der Waals surface area contributed by atoms with Gasteiger partial charge in [0.25, 0.3) is 0 Å². The molecule has 0 bridgehead atoms. The Labute approximate surface area is 173 Å². The third-order valence-electron chi connectivity index (χ3n) is 4.50. The van der Waals surface area contributed by atoms with E-state index in [9.17, 15) is 0 Å². The molecule has 0 atom stereocenters. The molecule has 4 heterocycles.